The molecular weight excluding hydrogens is 290 g/mol. The lowest BCUT2D eigenvalue weighted by molar-refractivity contribution is -0.122. The molecule has 0 saturated heterocycles. The summed E-state index contributed by atoms with van der Waals surface area (Å²) < 4.78 is 5.15. The largest absolute Gasteiger partial charge is 0.444 e. The number of likely N-dealkylation sites (N-methyl/N-ethyl adjacent to an activating group) is 1. The first-order valence-corrected chi connectivity index (χ1v) is 7.32. The number of rotatable bonds is 4. The molecule has 1 N–H and O–H groups in total. The van der Waals surface area contributed by atoms with E-state index >= 15 is 0 Å². The van der Waals surface area contributed by atoms with E-state index in [0.29, 0.717) is 0 Å². The van der Waals surface area contributed by atoms with E-state index in [0.717, 1.165) is 5.56 Å². The lowest BCUT2D eigenvalue weighted by Crippen LogP contribution is -2.41. The van der Waals surface area contributed by atoms with Gasteiger partial charge in [-0.1, -0.05) is 0 Å². The van der Waals surface area contributed by atoms with Crippen molar-refractivity contribution in [1.29, 1.82) is 5.26 Å². The van der Waals surface area contributed by atoms with E-state index in [1.54, 1.807) is 32.2 Å². The maximum Gasteiger partial charge on any atom is 0.410 e. The van der Waals surface area contributed by atoms with Crippen molar-refractivity contribution in [2.24, 2.45) is 0 Å². The molecule has 21 heavy (non-hydrogen) atoms. The van der Waals surface area contributed by atoms with E-state index in [1.807, 2.05) is 11.4 Å². The van der Waals surface area contributed by atoms with Gasteiger partial charge >= 0.3 is 6.09 Å². The van der Waals surface area contributed by atoms with E-state index in [2.05, 4.69) is 5.32 Å². The van der Waals surface area contributed by atoms with Gasteiger partial charge in [0.15, 0.2) is 0 Å². The number of hydrogen-bond donors (Lipinski definition) is 1. The Kier molecular flexibility index (Phi) is 5.73. The first-order valence-electron chi connectivity index (χ1n) is 6.38. The van der Waals surface area contributed by atoms with Crippen LogP contribution < -0.4 is 5.32 Å². The van der Waals surface area contributed by atoms with Crippen LogP contribution in [0.2, 0.25) is 0 Å². The Labute approximate surface area is 128 Å². The number of hydrogen-bond acceptors (Lipinski definition) is 5. The van der Waals surface area contributed by atoms with Crippen LogP contribution in [0.25, 0.3) is 0 Å². The number of nitrogens with one attached hydrogen (secondary N) is 1. The molecule has 0 aliphatic rings. The highest BCUT2D eigenvalue weighted by Gasteiger charge is 2.22. The van der Waals surface area contributed by atoms with Gasteiger partial charge in [-0.05, 0) is 43.2 Å². The number of nitriles is 1. The number of nitrogens with zero attached hydrogens (tertiary/aromatic N) is 2. The smallest absolute Gasteiger partial charge is 0.410 e. The standard InChI is InChI=1S/C14H19N3O3S/c1-14(2,3)20-13(19)17(4)8-12(18)16-11(7-15)10-5-6-21-9-10/h5-6,9,11H,8H2,1-4H3,(H,16,18)/t11-/m0/s1. The van der Waals surface area contributed by atoms with Crippen molar-refractivity contribution >= 4 is 23.3 Å². The Morgan fingerprint density at radius 3 is 2.67 bits per heavy atom. The molecule has 114 valence electrons. The van der Waals surface area contributed by atoms with Crippen LogP contribution in [0, 0.1) is 11.3 Å². The number of thiophene rings is 1. The zero-order valence-corrected chi connectivity index (χ0v) is 13.4. The summed E-state index contributed by atoms with van der Waals surface area (Å²) in [5.74, 6) is -0.416. The lowest BCUT2D eigenvalue weighted by atomic mass is 10.2. The molecular formula is C14H19N3O3S. The molecule has 0 saturated carbocycles. The number of carbonyl (C=O) groups is 2. The number of ether oxygens (including phenoxy) is 1. The molecule has 0 spiro atoms. The Balaban J connectivity index is 2.53. The Morgan fingerprint density at radius 2 is 2.19 bits per heavy atom. The highest BCUT2D eigenvalue weighted by molar-refractivity contribution is 7.08. The van der Waals surface area contributed by atoms with Gasteiger partial charge in [0.05, 0.1) is 6.07 Å². The number of amides is 2. The van der Waals surface area contributed by atoms with E-state index in [1.165, 1.54) is 23.3 Å². The molecule has 0 unspecified atom stereocenters. The van der Waals surface area contributed by atoms with Gasteiger partial charge in [0.2, 0.25) is 5.91 Å². The first kappa shape index (κ1) is 17.0. The van der Waals surface area contributed by atoms with Gasteiger partial charge < -0.3 is 15.0 Å². The molecule has 0 radical (unpaired) electrons. The van der Waals surface area contributed by atoms with E-state index in [9.17, 15) is 9.59 Å². The predicted octanol–water partition coefficient (Wildman–Crippen LogP) is 2.30. The second-order valence-electron chi connectivity index (χ2n) is 5.52. The van der Waals surface area contributed by atoms with Crippen LogP contribution in [0.3, 0.4) is 0 Å². The minimum absolute atomic E-state index is 0.169. The second-order valence-corrected chi connectivity index (χ2v) is 6.30. The molecule has 6 nitrogen and oxygen atoms in total. The van der Waals surface area contributed by atoms with Gasteiger partial charge in [0, 0.05) is 7.05 Å². The van der Waals surface area contributed by atoms with Crippen molar-refractivity contribution in [2.75, 3.05) is 13.6 Å². The third-order valence-corrected chi connectivity index (χ3v) is 3.10. The molecule has 0 aliphatic carbocycles. The zero-order valence-electron chi connectivity index (χ0n) is 12.5. The van der Waals surface area contributed by atoms with E-state index in [4.69, 9.17) is 10.00 Å². The lowest BCUT2D eigenvalue weighted by Gasteiger charge is -2.24. The zero-order chi connectivity index (χ0) is 16.0. The Hall–Kier alpha value is -2.07. The topological polar surface area (TPSA) is 82.4 Å². The predicted molar refractivity (Wildman–Crippen MR) is 79.7 cm³/mol. The summed E-state index contributed by atoms with van der Waals surface area (Å²) in [5.41, 5.74) is 0.115. The van der Waals surface area contributed by atoms with Gasteiger partial charge in [-0.2, -0.15) is 16.6 Å². The molecule has 1 heterocycles. The second kappa shape index (κ2) is 7.09. The molecule has 7 heteroatoms. The summed E-state index contributed by atoms with van der Waals surface area (Å²) in [7, 11) is 1.47. The van der Waals surface area contributed by atoms with Gasteiger partial charge in [-0.3, -0.25) is 4.79 Å². The molecule has 1 aromatic heterocycles. The van der Waals surface area contributed by atoms with Gasteiger partial charge in [0.25, 0.3) is 0 Å². The third-order valence-electron chi connectivity index (χ3n) is 2.40. The van der Waals surface area contributed by atoms with Crippen LogP contribution in [0.5, 0.6) is 0 Å². The normalized spacial score (nSPS) is 12.1. The van der Waals surface area contributed by atoms with E-state index < -0.39 is 23.6 Å². The van der Waals surface area contributed by atoms with Crippen molar-refractivity contribution in [3.05, 3.63) is 22.4 Å². The van der Waals surface area contributed by atoms with Crippen LogP contribution >= 0.6 is 11.3 Å². The van der Waals surface area contributed by atoms with Gasteiger partial charge in [-0.15, -0.1) is 0 Å². The summed E-state index contributed by atoms with van der Waals surface area (Å²) >= 11 is 1.45. The molecule has 0 aromatic carbocycles. The summed E-state index contributed by atoms with van der Waals surface area (Å²) in [6, 6.07) is 3.08. The van der Waals surface area contributed by atoms with Crippen LogP contribution in [0.15, 0.2) is 16.8 Å². The fraction of sp³-hybridized carbons (Fsp3) is 0.500. The third kappa shape index (κ3) is 5.83. The number of carbonyl (C=O) groups excluding carboxylic acids is 2. The first-order chi connectivity index (χ1) is 9.73. The van der Waals surface area contributed by atoms with Crippen LogP contribution in [-0.2, 0) is 9.53 Å². The van der Waals surface area contributed by atoms with Crippen molar-refractivity contribution in [2.45, 2.75) is 32.4 Å². The van der Waals surface area contributed by atoms with Gasteiger partial charge in [0.1, 0.15) is 18.2 Å². The quantitative estimate of drug-likeness (QED) is 0.925. The van der Waals surface area contributed by atoms with Crippen molar-refractivity contribution in [1.82, 2.24) is 10.2 Å². The summed E-state index contributed by atoms with van der Waals surface area (Å²) in [4.78, 5) is 24.8. The molecule has 1 aromatic rings. The van der Waals surface area contributed by atoms with Gasteiger partial charge in [-0.25, -0.2) is 4.79 Å². The highest BCUT2D eigenvalue weighted by atomic mass is 32.1. The fourth-order valence-corrected chi connectivity index (χ4v) is 2.14. The minimum atomic E-state index is -0.712. The summed E-state index contributed by atoms with van der Waals surface area (Å²) in [5, 5.41) is 15.3. The van der Waals surface area contributed by atoms with Crippen molar-refractivity contribution in [3.8, 4) is 6.07 Å². The van der Waals surface area contributed by atoms with Crippen LogP contribution in [0.4, 0.5) is 4.79 Å². The highest BCUT2D eigenvalue weighted by Crippen LogP contribution is 2.15. The fourth-order valence-electron chi connectivity index (χ4n) is 1.46. The summed E-state index contributed by atoms with van der Waals surface area (Å²) in [6.45, 7) is 5.08. The van der Waals surface area contributed by atoms with Crippen molar-refractivity contribution in [3.63, 3.8) is 0 Å². The maximum atomic E-state index is 11.9. The summed E-state index contributed by atoms with van der Waals surface area (Å²) in [6.07, 6.45) is -0.582. The minimum Gasteiger partial charge on any atom is -0.444 e. The average Bonchev–Trinajstić information content (AvgIpc) is 2.87. The average molecular weight is 309 g/mol. The molecule has 1 atom stereocenters. The molecule has 0 fully saturated rings. The van der Waals surface area contributed by atoms with E-state index in [-0.39, 0.29) is 6.54 Å². The van der Waals surface area contributed by atoms with Crippen molar-refractivity contribution < 1.29 is 14.3 Å². The molecule has 1 rings (SSSR count). The van der Waals surface area contributed by atoms with Crippen LogP contribution in [0.1, 0.15) is 32.4 Å². The monoisotopic (exact) mass is 309 g/mol. The molecule has 0 bridgehead atoms. The van der Waals surface area contributed by atoms with Crippen LogP contribution in [-0.4, -0.2) is 36.1 Å². The Morgan fingerprint density at radius 1 is 1.52 bits per heavy atom. The molecule has 2 amide bonds. The molecule has 0 aliphatic heterocycles. The SMILES string of the molecule is CN(CC(=O)N[C@@H](C#N)c1ccsc1)C(=O)OC(C)(C)C. The maximum absolute atomic E-state index is 11.9. The Bertz CT molecular complexity index is 529.